The molecule has 17 heavy (non-hydrogen) atoms. The molecule has 0 aromatic carbocycles. The Balaban J connectivity index is 1.69. The van der Waals surface area contributed by atoms with Crippen LogP contribution in [-0.4, -0.2) is 43.5 Å². The van der Waals surface area contributed by atoms with Crippen molar-refractivity contribution in [2.45, 2.75) is 38.6 Å². The minimum atomic E-state index is -0.252. The molecule has 2 rings (SSSR count). The van der Waals surface area contributed by atoms with E-state index in [2.05, 4.69) is 24.2 Å². The Labute approximate surface area is 104 Å². The molecule has 0 saturated heterocycles. The molecule has 0 aliphatic heterocycles. The molecule has 2 aliphatic carbocycles. The van der Waals surface area contributed by atoms with Crippen LogP contribution in [0, 0.1) is 11.3 Å². The van der Waals surface area contributed by atoms with Gasteiger partial charge in [0.1, 0.15) is 0 Å². The first-order valence-electron chi connectivity index (χ1n) is 6.76. The highest BCUT2D eigenvalue weighted by atomic mass is 16.2. The Morgan fingerprint density at radius 1 is 1.47 bits per heavy atom. The number of hydrogen-bond acceptors (Lipinski definition) is 3. The van der Waals surface area contributed by atoms with Gasteiger partial charge in [0, 0.05) is 25.7 Å². The molecule has 2 saturated carbocycles. The van der Waals surface area contributed by atoms with Gasteiger partial charge in [-0.1, -0.05) is 6.92 Å². The third-order valence-corrected chi connectivity index (χ3v) is 4.27. The highest BCUT2D eigenvalue weighted by Gasteiger charge is 2.46. The molecule has 0 aromatic heterocycles. The smallest absolute Gasteiger partial charge is 0.227 e. The average molecular weight is 239 g/mol. The molecule has 0 aromatic rings. The Morgan fingerprint density at radius 2 is 2.12 bits per heavy atom. The lowest BCUT2D eigenvalue weighted by Gasteiger charge is -2.44. The molecule has 0 bridgehead atoms. The highest BCUT2D eigenvalue weighted by Crippen LogP contribution is 2.44. The third kappa shape index (κ3) is 2.80. The van der Waals surface area contributed by atoms with Crippen LogP contribution < -0.4 is 11.1 Å². The van der Waals surface area contributed by atoms with E-state index in [1.54, 1.807) is 0 Å². The van der Waals surface area contributed by atoms with E-state index in [0.717, 1.165) is 32.0 Å². The number of nitrogens with two attached hydrogens (primary N) is 1. The Kier molecular flexibility index (Phi) is 3.73. The van der Waals surface area contributed by atoms with Gasteiger partial charge in [-0.05, 0) is 38.6 Å². The lowest BCUT2D eigenvalue weighted by Crippen LogP contribution is -2.54. The van der Waals surface area contributed by atoms with Crippen LogP contribution in [-0.2, 0) is 4.79 Å². The second-order valence-corrected chi connectivity index (χ2v) is 5.97. The summed E-state index contributed by atoms with van der Waals surface area (Å²) in [5, 5.41) is 3.05. The molecule has 3 N–H and O–H groups in total. The number of carbonyl (C=O) groups excluding carboxylic acids is 1. The molecule has 2 fully saturated rings. The fourth-order valence-electron chi connectivity index (χ4n) is 2.95. The van der Waals surface area contributed by atoms with Crippen molar-refractivity contribution >= 4 is 5.91 Å². The summed E-state index contributed by atoms with van der Waals surface area (Å²) >= 11 is 0. The van der Waals surface area contributed by atoms with E-state index in [9.17, 15) is 4.79 Å². The van der Waals surface area contributed by atoms with E-state index in [4.69, 9.17) is 5.73 Å². The molecule has 0 radical (unpaired) electrons. The van der Waals surface area contributed by atoms with Crippen LogP contribution in [0.5, 0.6) is 0 Å². The zero-order valence-electron chi connectivity index (χ0n) is 11.0. The summed E-state index contributed by atoms with van der Waals surface area (Å²) in [4.78, 5) is 14.4. The van der Waals surface area contributed by atoms with Gasteiger partial charge >= 0.3 is 0 Å². The SMILES string of the molecule is CC1CC(CN)(C(=O)NCCN(C)C2CC2)C1. The van der Waals surface area contributed by atoms with Crippen LogP contribution in [0.3, 0.4) is 0 Å². The van der Waals surface area contributed by atoms with Crippen LogP contribution in [0.4, 0.5) is 0 Å². The Hall–Kier alpha value is -0.610. The van der Waals surface area contributed by atoms with Crippen molar-refractivity contribution in [2.75, 3.05) is 26.7 Å². The number of nitrogens with zero attached hydrogens (tertiary/aromatic N) is 1. The molecular weight excluding hydrogens is 214 g/mol. The maximum Gasteiger partial charge on any atom is 0.227 e. The van der Waals surface area contributed by atoms with Gasteiger partial charge in [0.2, 0.25) is 5.91 Å². The first kappa shape index (κ1) is 12.8. The summed E-state index contributed by atoms with van der Waals surface area (Å²) in [7, 11) is 2.13. The average Bonchev–Trinajstić information content (AvgIpc) is 3.07. The predicted octanol–water partition coefficient (Wildman–Crippen LogP) is 0.572. The number of rotatable bonds is 6. The lowest BCUT2D eigenvalue weighted by molar-refractivity contribution is -0.138. The van der Waals surface area contributed by atoms with Crippen molar-refractivity contribution in [1.29, 1.82) is 0 Å². The van der Waals surface area contributed by atoms with E-state index in [0.29, 0.717) is 12.5 Å². The number of carbonyl (C=O) groups is 1. The minimum absolute atomic E-state index is 0.169. The molecule has 0 atom stereocenters. The van der Waals surface area contributed by atoms with Crippen LogP contribution in [0.1, 0.15) is 32.6 Å². The zero-order valence-corrected chi connectivity index (χ0v) is 11.0. The van der Waals surface area contributed by atoms with Gasteiger partial charge < -0.3 is 16.0 Å². The maximum absolute atomic E-state index is 12.1. The van der Waals surface area contributed by atoms with E-state index < -0.39 is 0 Å². The highest BCUT2D eigenvalue weighted by molar-refractivity contribution is 5.83. The van der Waals surface area contributed by atoms with Crippen molar-refractivity contribution in [1.82, 2.24) is 10.2 Å². The summed E-state index contributed by atoms with van der Waals surface area (Å²) in [6.45, 7) is 4.37. The van der Waals surface area contributed by atoms with Gasteiger partial charge in [0.15, 0.2) is 0 Å². The van der Waals surface area contributed by atoms with E-state index >= 15 is 0 Å². The summed E-state index contributed by atoms with van der Waals surface area (Å²) in [5.74, 6) is 0.820. The van der Waals surface area contributed by atoms with Crippen molar-refractivity contribution in [2.24, 2.45) is 17.1 Å². The molecular formula is C13H25N3O. The summed E-state index contributed by atoms with van der Waals surface area (Å²) < 4.78 is 0. The molecule has 1 amide bonds. The lowest BCUT2D eigenvalue weighted by atomic mass is 9.62. The molecule has 98 valence electrons. The standard InChI is InChI=1S/C13H25N3O/c1-10-7-13(8-10,9-14)12(17)15-5-6-16(2)11-3-4-11/h10-11H,3-9,14H2,1-2H3,(H,15,17). The molecule has 4 nitrogen and oxygen atoms in total. The first-order chi connectivity index (χ1) is 8.07. The Bertz CT molecular complexity index is 282. The van der Waals surface area contributed by atoms with Crippen molar-refractivity contribution in [3.63, 3.8) is 0 Å². The largest absolute Gasteiger partial charge is 0.354 e. The van der Waals surface area contributed by atoms with Crippen LogP contribution >= 0.6 is 0 Å². The topological polar surface area (TPSA) is 58.4 Å². The summed E-state index contributed by atoms with van der Waals surface area (Å²) in [6, 6.07) is 0.763. The number of likely N-dealkylation sites (N-methyl/N-ethyl adjacent to an activating group) is 1. The van der Waals surface area contributed by atoms with E-state index in [1.165, 1.54) is 12.8 Å². The number of nitrogens with one attached hydrogen (secondary N) is 1. The van der Waals surface area contributed by atoms with Crippen LogP contribution in [0.25, 0.3) is 0 Å². The second-order valence-electron chi connectivity index (χ2n) is 5.97. The Morgan fingerprint density at radius 3 is 2.59 bits per heavy atom. The monoisotopic (exact) mass is 239 g/mol. The third-order valence-electron chi connectivity index (χ3n) is 4.27. The van der Waals surface area contributed by atoms with E-state index in [1.807, 2.05) is 0 Å². The van der Waals surface area contributed by atoms with Gasteiger partial charge in [0.25, 0.3) is 0 Å². The van der Waals surface area contributed by atoms with Crippen LogP contribution in [0.15, 0.2) is 0 Å². The first-order valence-corrected chi connectivity index (χ1v) is 6.76. The van der Waals surface area contributed by atoms with Gasteiger partial charge in [-0.2, -0.15) is 0 Å². The van der Waals surface area contributed by atoms with Crippen LogP contribution in [0.2, 0.25) is 0 Å². The number of hydrogen-bond donors (Lipinski definition) is 2. The summed E-state index contributed by atoms with van der Waals surface area (Å²) in [6.07, 6.45) is 4.53. The molecule has 0 unspecified atom stereocenters. The zero-order chi connectivity index (χ0) is 12.5. The second kappa shape index (κ2) is 4.94. The van der Waals surface area contributed by atoms with Gasteiger partial charge in [-0.15, -0.1) is 0 Å². The summed E-state index contributed by atoms with van der Waals surface area (Å²) in [5.41, 5.74) is 5.50. The maximum atomic E-state index is 12.1. The van der Waals surface area contributed by atoms with Gasteiger partial charge in [-0.25, -0.2) is 0 Å². The quantitative estimate of drug-likeness (QED) is 0.712. The molecule has 0 spiro atoms. The van der Waals surface area contributed by atoms with Gasteiger partial charge in [-0.3, -0.25) is 4.79 Å². The van der Waals surface area contributed by atoms with Gasteiger partial charge in [0.05, 0.1) is 5.41 Å². The molecule has 4 heteroatoms. The molecule has 2 aliphatic rings. The van der Waals surface area contributed by atoms with E-state index in [-0.39, 0.29) is 11.3 Å². The minimum Gasteiger partial charge on any atom is -0.354 e. The fraction of sp³-hybridized carbons (Fsp3) is 0.923. The number of amides is 1. The predicted molar refractivity (Wildman–Crippen MR) is 68.5 cm³/mol. The normalized spacial score (nSPS) is 32.4. The van der Waals surface area contributed by atoms with Crippen molar-refractivity contribution in [3.05, 3.63) is 0 Å². The van der Waals surface area contributed by atoms with Crippen molar-refractivity contribution in [3.8, 4) is 0 Å². The van der Waals surface area contributed by atoms with Crippen molar-refractivity contribution < 1.29 is 4.79 Å². The molecule has 0 heterocycles. The fourth-order valence-corrected chi connectivity index (χ4v) is 2.95.